The largest absolute Gasteiger partial charge is 0.505 e. The van der Waals surface area contributed by atoms with Gasteiger partial charge in [0.05, 0.1) is 19.4 Å². The average molecular weight is 241 g/mol. The molecule has 0 N–H and O–H groups in total. The number of rotatable bonds is 2. The predicted molar refractivity (Wildman–Crippen MR) is 66.7 cm³/mol. The summed E-state index contributed by atoms with van der Waals surface area (Å²) in [5.74, 6) is 0. The zero-order valence-corrected chi connectivity index (χ0v) is 11.2. The van der Waals surface area contributed by atoms with Crippen LogP contribution in [0.3, 0.4) is 0 Å². The minimum atomic E-state index is -0.440. The molecule has 0 radical (unpaired) electrons. The fourth-order valence-electron chi connectivity index (χ4n) is 1.87. The van der Waals surface area contributed by atoms with Crippen LogP contribution in [-0.2, 0) is 9.47 Å². The van der Waals surface area contributed by atoms with Crippen LogP contribution in [0.25, 0.3) is 0 Å². The third-order valence-electron chi connectivity index (χ3n) is 2.61. The Morgan fingerprint density at radius 1 is 1.35 bits per heavy atom. The third kappa shape index (κ3) is 4.67. The second-order valence-corrected chi connectivity index (χ2v) is 5.30. The Hall–Kier alpha value is -1.19. The second-order valence-electron chi connectivity index (χ2n) is 5.30. The molecule has 0 bridgehead atoms. The zero-order valence-electron chi connectivity index (χ0n) is 11.2. The van der Waals surface area contributed by atoms with E-state index < -0.39 is 5.60 Å². The number of ether oxygens (including phenoxy) is 2. The fourth-order valence-corrected chi connectivity index (χ4v) is 1.87. The van der Waals surface area contributed by atoms with Gasteiger partial charge in [-0.3, -0.25) is 0 Å². The number of amides is 1. The minimum Gasteiger partial charge on any atom is -0.505 e. The van der Waals surface area contributed by atoms with Gasteiger partial charge in [-0.25, -0.2) is 4.79 Å². The van der Waals surface area contributed by atoms with Crippen LogP contribution in [0.1, 0.15) is 40.0 Å². The van der Waals surface area contributed by atoms with Crippen LogP contribution >= 0.6 is 0 Å². The molecule has 4 nitrogen and oxygen atoms in total. The molecule has 1 fully saturated rings. The average Bonchev–Trinajstić information content (AvgIpc) is 2.24. The van der Waals surface area contributed by atoms with Crippen molar-refractivity contribution in [2.24, 2.45) is 0 Å². The first-order valence-corrected chi connectivity index (χ1v) is 6.13. The van der Waals surface area contributed by atoms with Crippen LogP contribution in [-0.4, -0.2) is 36.3 Å². The molecule has 0 spiro atoms. The Balaban J connectivity index is 2.64. The maximum atomic E-state index is 12.0. The summed E-state index contributed by atoms with van der Waals surface area (Å²) in [6, 6.07) is 0.0959. The van der Waals surface area contributed by atoms with Gasteiger partial charge in [-0.1, -0.05) is 0 Å². The van der Waals surface area contributed by atoms with Gasteiger partial charge in [-0.2, -0.15) is 0 Å². The molecule has 0 aromatic rings. The number of carbonyl (C=O) groups is 1. The molecule has 0 aromatic heterocycles. The van der Waals surface area contributed by atoms with Gasteiger partial charge in [-0.05, 0) is 46.1 Å². The molecule has 1 unspecified atom stereocenters. The molecule has 1 rings (SSSR count). The van der Waals surface area contributed by atoms with E-state index >= 15 is 0 Å². The SMILES string of the molecule is COC=CC1CCCCN1C(=O)OC(C)(C)C. The van der Waals surface area contributed by atoms with E-state index in [0.717, 1.165) is 25.8 Å². The quantitative estimate of drug-likeness (QED) is 0.698. The van der Waals surface area contributed by atoms with Gasteiger partial charge in [-0.15, -0.1) is 0 Å². The fraction of sp³-hybridized carbons (Fsp3) is 0.769. The lowest BCUT2D eigenvalue weighted by Crippen LogP contribution is -2.45. The maximum Gasteiger partial charge on any atom is 0.410 e. The number of hydrogen-bond donors (Lipinski definition) is 0. The van der Waals surface area contributed by atoms with Crippen LogP contribution in [0.15, 0.2) is 12.3 Å². The van der Waals surface area contributed by atoms with Crippen molar-refractivity contribution in [1.82, 2.24) is 4.90 Å². The van der Waals surface area contributed by atoms with Crippen molar-refractivity contribution >= 4 is 6.09 Å². The molecule has 1 aliphatic heterocycles. The molecule has 1 atom stereocenters. The molecule has 0 aliphatic carbocycles. The van der Waals surface area contributed by atoms with Gasteiger partial charge in [0.2, 0.25) is 0 Å². The van der Waals surface area contributed by atoms with Crippen molar-refractivity contribution in [3.8, 4) is 0 Å². The van der Waals surface area contributed by atoms with Crippen LogP contribution < -0.4 is 0 Å². The molecular weight excluding hydrogens is 218 g/mol. The molecular formula is C13H23NO3. The van der Waals surface area contributed by atoms with Gasteiger partial charge < -0.3 is 14.4 Å². The highest BCUT2D eigenvalue weighted by Crippen LogP contribution is 2.21. The highest BCUT2D eigenvalue weighted by molar-refractivity contribution is 5.69. The summed E-state index contributed by atoms with van der Waals surface area (Å²) >= 11 is 0. The van der Waals surface area contributed by atoms with Gasteiger partial charge >= 0.3 is 6.09 Å². The Kier molecular flexibility index (Phi) is 4.85. The van der Waals surface area contributed by atoms with Crippen molar-refractivity contribution in [1.29, 1.82) is 0 Å². The molecule has 98 valence electrons. The first-order chi connectivity index (χ1) is 7.94. The highest BCUT2D eigenvalue weighted by Gasteiger charge is 2.28. The third-order valence-corrected chi connectivity index (χ3v) is 2.61. The Labute approximate surface area is 104 Å². The molecule has 0 saturated carbocycles. The van der Waals surface area contributed by atoms with E-state index in [1.54, 1.807) is 18.3 Å². The number of likely N-dealkylation sites (tertiary alicyclic amines) is 1. The summed E-state index contributed by atoms with van der Waals surface area (Å²) in [6.07, 6.45) is 6.47. The van der Waals surface area contributed by atoms with E-state index in [9.17, 15) is 4.79 Å². The lowest BCUT2D eigenvalue weighted by molar-refractivity contribution is 0.0148. The number of methoxy groups -OCH3 is 1. The van der Waals surface area contributed by atoms with Crippen LogP contribution in [0, 0.1) is 0 Å². The van der Waals surface area contributed by atoms with E-state index in [2.05, 4.69) is 0 Å². The van der Waals surface area contributed by atoms with Gasteiger partial charge in [0.1, 0.15) is 5.60 Å². The monoisotopic (exact) mass is 241 g/mol. The van der Waals surface area contributed by atoms with E-state index in [1.807, 2.05) is 26.8 Å². The summed E-state index contributed by atoms with van der Waals surface area (Å²) in [5, 5.41) is 0. The van der Waals surface area contributed by atoms with Crippen molar-refractivity contribution in [2.45, 2.75) is 51.7 Å². The number of nitrogens with zero attached hydrogens (tertiary/aromatic N) is 1. The number of piperidine rings is 1. The summed E-state index contributed by atoms with van der Waals surface area (Å²) in [7, 11) is 1.61. The van der Waals surface area contributed by atoms with E-state index in [0.29, 0.717) is 0 Å². The van der Waals surface area contributed by atoms with Gasteiger partial charge in [0, 0.05) is 6.54 Å². The zero-order chi connectivity index (χ0) is 12.9. The predicted octanol–water partition coefficient (Wildman–Crippen LogP) is 2.94. The topological polar surface area (TPSA) is 38.8 Å². The van der Waals surface area contributed by atoms with E-state index in [-0.39, 0.29) is 12.1 Å². The molecule has 1 aliphatic rings. The molecule has 4 heteroatoms. The van der Waals surface area contributed by atoms with Gasteiger partial charge in [0.15, 0.2) is 0 Å². The second kappa shape index (κ2) is 5.94. The lowest BCUT2D eigenvalue weighted by atomic mass is 10.0. The van der Waals surface area contributed by atoms with E-state index in [1.165, 1.54) is 0 Å². The van der Waals surface area contributed by atoms with Crippen LogP contribution in [0.2, 0.25) is 0 Å². The van der Waals surface area contributed by atoms with Crippen molar-refractivity contribution in [2.75, 3.05) is 13.7 Å². The van der Waals surface area contributed by atoms with Crippen LogP contribution in [0.5, 0.6) is 0 Å². The van der Waals surface area contributed by atoms with E-state index in [4.69, 9.17) is 9.47 Å². The Bertz CT molecular complexity index is 281. The van der Waals surface area contributed by atoms with Crippen molar-refractivity contribution in [3.05, 3.63) is 12.3 Å². The normalized spacial score (nSPS) is 21.6. The Morgan fingerprint density at radius 2 is 2.06 bits per heavy atom. The standard InChI is InChI=1S/C13H23NO3/c1-13(2,3)17-12(15)14-9-6-5-7-11(14)8-10-16-4/h8,10-11H,5-7,9H2,1-4H3. The molecule has 1 amide bonds. The molecule has 1 heterocycles. The number of carbonyl (C=O) groups excluding carboxylic acids is 1. The Morgan fingerprint density at radius 3 is 2.65 bits per heavy atom. The first kappa shape index (κ1) is 13.9. The summed E-state index contributed by atoms with van der Waals surface area (Å²) < 4.78 is 10.3. The van der Waals surface area contributed by atoms with Gasteiger partial charge in [0.25, 0.3) is 0 Å². The maximum absolute atomic E-state index is 12.0. The smallest absolute Gasteiger partial charge is 0.410 e. The van der Waals surface area contributed by atoms with Crippen molar-refractivity contribution in [3.63, 3.8) is 0 Å². The molecule has 0 aromatic carbocycles. The summed E-state index contributed by atoms with van der Waals surface area (Å²) in [5.41, 5.74) is -0.440. The highest BCUT2D eigenvalue weighted by atomic mass is 16.6. The summed E-state index contributed by atoms with van der Waals surface area (Å²) in [4.78, 5) is 13.8. The van der Waals surface area contributed by atoms with Crippen molar-refractivity contribution < 1.29 is 14.3 Å². The lowest BCUT2D eigenvalue weighted by Gasteiger charge is -2.35. The molecule has 1 saturated heterocycles. The van der Waals surface area contributed by atoms with Crippen LogP contribution in [0.4, 0.5) is 4.79 Å². The molecule has 17 heavy (non-hydrogen) atoms. The number of hydrogen-bond acceptors (Lipinski definition) is 3. The first-order valence-electron chi connectivity index (χ1n) is 6.13. The minimum absolute atomic E-state index is 0.0959. The summed E-state index contributed by atoms with van der Waals surface area (Å²) in [6.45, 7) is 6.41.